The number of hydrogen-bond donors (Lipinski definition) is 1. The molecule has 0 saturated heterocycles. The number of aliphatic carboxylic acids is 1. The smallest absolute Gasteiger partial charge is 0.321 e. The molecule has 0 bridgehead atoms. The van der Waals surface area contributed by atoms with Gasteiger partial charge in [-0.3, -0.25) is 14.4 Å². The van der Waals surface area contributed by atoms with Gasteiger partial charge in [0.15, 0.2) is 5.78 Å². The van der Waals surface area contributed by atoms with Gasteiger partial charge in [0.25, 0.3) is 0 Å². The van der Waals surface area contributed by atoms with Gasteiger partial charge in [-0.15, -0.1) is 0 Å². The van der Waals surface area contributed by atoms with E-state index in [2.05, 4.69) is 6.58 Å². The predicted octanol–water partition coefficient (Wildman–Crippen LogP) is 3.49. The molecule has 1 aliphatic carbocycles. The summed E-state index contributed by atoms with van der Waals surface area (Å²) in [5, 5.41) is 9.48. The van der Waals surface area contributed by atoms with Crippen LogP contribution in [0.15, 0.2) is 24.3 Å². The molecule has 1 saturated carbocycles. The predicted molar refractivity (Wildman–Crippen MR) is 98.0 cm³/mol. The number of benzene rings is 1. The maximum atomic E-state index is 13.3. The third kappa shape index (κ3) is 3.87. The highest BCUT2D eigenvalue weighted by Gasteiger charge is 2.45. The van der Waals surface area contributed by atoms with Crippen LogP contribution in [0.4, 0.5) is 0 Å². The molecule has 0 amide bonds. The number of rotatable bonds is 6. The molecule has 2 rings (SSSR count). The van der Waals surface area contributed by atoms with E-state index in [0.717, 1.165) is 22.3 Å². The van der Waals surface area contributed by atoms with Gasteiger partial charge in [0, 0.05) is 5.92 Å². The Balaban J connectivity index is 2.52. The second kappa shape index (κ2) is 7.85. The summed E-state index contributed by atoms with van der Waals surface area (Å²) in [6.07, 6.45) is 0.572. The first-order valence-corrected chi connectivity index (χ1v) is 8.84. The van der Waals surface area contributed by atoms with E-state index in [1.165, 1.54) is 0 Å². The lowest BCUT2D eigenvalue weighted by atomic mass is 9.79. The Morgan fingerprint density at radius 2 is 1.69 bits per heavy atom. The fraction of sp³-hybridized carbons (Fsp3) is 0.476. The minimum Gasteiger partial charge on any atom is -0.481 e. The second-order valence-corrected chi connectivity index (χ2v) is 7.11. The van der Waals surface area contributed by atoms with E-state index >= 15 is 0 Å². The molecule has 5 heteroatoms. The Morgan fingerprint density at radius 3 is 2.19 bits per heavy atom. The van der Waals surface area contributed by atoms with E-state index in [1.54, 1.807) is 6.92 Å². The van der Waals surface area contributed by atoms with Crippen molar-refractivity contribution in [3.8, 4) is 0 Å². The van der Waals surface area contributed by atoms with Crippen molar-refractivity contribution >= 4 is 17.7 Å². The number of Topliss-reactive ketones (excluding diaryl/α,β-unsaturated/α-hetero) is 1. The zero-order valence-corrected chi connectivity index (χ0v) is 15.8. The number of hydrogen-bond acceptors (Lipinski definition) is 4. The number of esters is 1. The molecule has 3 atom stereocenters. The zero-order valence-electron chi connectivity index (χ0n) is 15.8. The Kier molecular flexibility index (Phi) is 6.01. The van der Waals surface area contributed by atoms with Crippen molar-refractivity contribution in [3.63, 3.8) is 0 Å². The summed E-state index contributed by atoms with van der Waals surface area (Å²) in [6.45, 7) is 11.4. The highest BCUT2D eigenvalue weighted by molar-refractivity contribution is 6.07. The van der Waals surface area contributed by atoms with Gasteiger partial charge >= 0.3 is 11.9 Å². The summed E-state index contributed by atoms with van der Waals surface area (Å²) in [5.41, 5.74) is 4.06. The minimum absolute atomic E-state index is 0.159. The molecule has 0 heterocycles. The Bertz CT molecular complexity index is 739. The van der Waals surface area contributed by atoms with Crippen molar-refractivity contribution < 1.29 is 24.2 Å². The van der Waals surface area contributed by atoms with Crippen molar-refractivity contribution in [1.82, 2.24) is 0 Å². The molecule has 1 aromatic carbocycles. The number of carboxylic acid groups (broad SMARTS) is 1. The van der Waals surface area contributed by atoms with Crippen molar-refractivity contribution in [3.05, 3.63) is 46.5 Å². The Labute approximate surface area is 154 Å². The summed E-state index contributed by atoms with van der Waals surface area (Å²) in [7, 11) is 0. The fourth-order valence-corrected chi connectivity index (χ4v) is 4.01. The topological polar surface area (TPSA) is 80.7 Å². The molecular formula is C21H26O5. The maximum absolute atomic E-state index is 13.3. The van der Waals surface area contributed by atoms with Gasteiger partial charge in [-0.25, -0.2) is 0 Å². The van der Waals surface area contributed by atoms with Crippen LogP contribution < -0.4 is 0 Å². The molecule has 26 heavy (non-hydrogen) atoms. The maximum Gasteiger partial charge on any atom is 0.321 e. The van der Waals surface area contributed by atoms with E-state index in [1.807, 2.05) is 32.9 Å². The first kappa shape index (κ1) is 19.9. The van der Waals surface area contributed by atoms with Crippen LogP contribution in [0, 0.1) is 32.6 Å². The molecule has 3 unspecified atom stereocenters. The molecule has 0 spiro atoms. The standard InChI is InChI=1S/C21H26O5/c1-6-26-21(25)18(17-13(4)7-11(2)8-14(17)5)19(22)15-9-12(3)10-16(15)20(23)24/h7-8,15-16,18H,3,6,9-10H2,1-2,4-5H3,(H,23,24). The lowest BCUT2D eigenvalue weighted by Gasteiger charge is -2.24. The summed E-state index contributed by atoms with van der Waals surface area (Å²) in [6, 6.07) is 3.84. The van der Waals surface area contributed by atoms with Crippen LogP contribution in [0.5, 0.6) is 0 Å². The van der Waals surface area contributed by atoms with Gasteiger partial charge in [-0.05, 0) is 57.2 Å². The quantitative estimate of drug-likeness (QED) is 0.478. The van der Waals surface area contributed by atoms with Gasteiger partial charge in [0.1, 0.15) is 5.92 Å². The molecule has 140 valence electrons. The second-order valence-electron chi connectivity index (χ2n) is 7.11. The molecule has 0 aromatic heterocycles. The number of carboxylic acids is 1. The van der Waals surface area contributed by atoms with Gasteiger partial charge < -0.3 is 9.84 Å². The summed E-state index contributed by atoms with van der Waals surface area (Å²) < 4.78 is 5.17. The number of ether oxygens (including phenoxy) is 1. The van der Waals surface area contributed by atoms with E-state index in [4.69, 9.17) is 4.74 Å². The summed E-state index contributed by atoms with van der Waals surface area (Å²) in [5.74, 6) is -4.72. The van der Waals surface area contributed by atoms with Crippen LogP contribution in [0.1, 0.15) is 47.9 Å². The lowest BCUT2D eigenvalue weighted by Crippen LogP contribution is -2.34. The lowest BCUT2D eigenvalue weighted by molar-refractivity contribution is -0.152. The average Bonchev–Trinajstić information content (AvgIpc) is 2.92. The normalized spacial score (nSPS) is 20.7. The molecule has 1 aliphatic rings. The molecule has 0 radical (unpaired) electrons. The third-order valence-electron chi connectivity index (χ3n) is 5.02. The van der Waals surface area contributed by atoms with Crippen LogP contribution in [-0.2, 0) is 19.1 Å². The zero-order chi connectivity index (χ0) is 19.6. The number of carbonyl (C=O) groups is 3. The van der Waals surface area contributed by atoms with Crippen molar-refractivity contribution in [2.75, 3.05) is 6.61 Å². The molecule has 1 aromatic rings. The molecule has 0 aliphatic heterocycles. The van der Waals surface area contributed by atoms with Crippen LogP contribution in [0.25, 0.3) is 0 Å². The van der Waals surface area contributed by atoms with E-state index in [0.29, 0.717) is 12.0 Å². The number of carbonyl (C=O) groups excluding carboxylic acids is 2. The molecule has 1 N–H and O–H groups in total. The van der Waals surface area contributed by atoms with Crippen molar-refractivity contribution in [2.24, 2.45) is 11.8 Å². The van der Waals surface area contributed by atoms with Crippen molar-refractivity contribution in [1.29, 1.82) is 0 Å². The van der Waals surface area contributed by atoms with E-state index in [-0.39, 0.29) is 18.8 Å². The van der Waals surface area contributed by atoms with E-state index in [9.17, 15) is 19.5 Å². The third-order valence-corrected chi connectivity index (χ3v) is 5.02. The Hall–Kier alpha value is -2.43. The first-order chi connectivity index (χ1) is 12.2. The van der Waals surface area contributed by atoms with Crippen molar-refractivity contribution in [2.45, 2.75) is 46.5 Å². The largest absolute Gasteiger partial charge is 0.481 e. The van der Waals surface area contributed by atoms with Crippen LogP contribution in [-0.4, -0.2) is 29.4 Å². The number of aryl methyl sites for hydroxylation is 3. The molecular weight excluding hydrogens is 332 g/mol. The highest BCUT2D eigenvalue weighted by atomic mass is 16.5. The van der Waals surface area contributed by atoms with Crippen LogP contribution in [0.3, 0.4) is 0 Å². The molecule has 1 fully saturated rings. The first-order valence-electron chi connectivity index (χ1n) is 8.84. The van der Waals surface area contributed by atoms with Gasteiger partial charge in [0.05, 0.1) is 12.5 Å². The fourth-order valence-electron chi connectivity index (χ4n) is 4.01. The summed E-state index contributed by atoms with van der Waals surface area (Å²) in [4.78, 5) is 37.6. The van der Waals surface area contributed by atoms with Crippen LogP contribution >= 0.6 is 0 Å². The number of ketones is 1. The van der Waals surface area contributed by atoms with Gasteiger partial charge in [0.2, 0.25) is 0 Å². The Morgan fingerprint density at radius 1 is 1.15 bits per heavy atom. The summed E-state index contributed by atoms with van der Waals surface area (Å²) >= 11 is 0. The highest BCUT2D eigenvalue weighted by Crippen LogP contribution is 2.40. The monoisotopic (exact) mass is 358 g/mol. The average molecular weight is 358 g/mol. The SMILES string of the molecule is C=C1CC(C(=O)O)C(C(=O)C(C(=O)OCC)c2c(C)cc(C)cc2C)C1. The van der Waals surface area contributed by atoms with Crippen LogP contribution in [0.2, 0.25) is 0 Å². The van der Waals surface area contributed by atoms with E-state index < -0.39 is 29.7 Å². The van der Waals surface area contributed by atoms with Gasteiger partial charge in [-0.1, -0.05) is 29.8 Å². The number of allylic oxidation sites excluding steroid dienone is 1. The van der Waals surface area contributed by atoms with Gasteiger partial charge in [-0.2, -0.15) is 0 Å². The molecule has 5 nitrogen and oxygen atoms in total. The minimum atomic E-state index is -1.10.